The normalized spacial score (nSPS) is 16.5. The van der Waals surface area contributed by atoms with Crippen LogP contribution in [0, 0.1) is 5.82 Å². The van der Waals surface area contributed by atoms with E-state index in [4.69, 9.17) is 10.5 Å². The largest absolute Gasteiger partial charge is 0.370 e. The number of ether oxygens (including phenoxy) is 1. The molecule has 0 spiro atoms. The van der Waals surface area contributed by atoms with E-state index in [1.807, 2.05) is 6.07 Å². The van der Waals surface area contributed by atoms with Crippen LogP contribution in [-0.4, -0.2) is 53.6 Å². The molecule has 2 heterocycles. The van der Waals surface area contributed by atoms with Gasteiger partial charge in [-0.2, -0.15) is 0 Å². The average molecular weight is 358 g/mol. The third-order valence-electron chi connectivity index (χ3n) is 4.76. The Kier molecular flexibility index (Phi) is 5.90. The topological polar surface area (TPSA) is 81.3 Å². The van der Waals surface area contributed by atoms with Crippen molar-refractivity contribution in [2.75, 3.05) is 26.7 Å². The maximum Gasteiger partial charge on any atom is 0.253 e. The van der Waals surface area contributed by atoms with Crippen molar-refractivity contribution >= 4 is 5.91 Å². The summed E-state index contributed by atoms with van der Waals surface area (Å²) in [6.45, 7) is 1.44. The van der Waals surface area contributed by atoms with E-state index in [9.17, 15) is 9.18 Å². The number of hydrogen-bond acceptors (Lipinski definition) is 5. The molecule has 1 fully saturated rings. The number of amides is 1. The van der Waals surface area contributed by atoms with Crippen LogP contribution < -0.4 is 5.73 Å². The van der Waals surface area contributed by atoms with Crippen molar-refractivity contribution < 1.29 is 13.9 Å². The highest BCUT2D eigenvalue weighted by atomic mass is 19.1. The van der Waals surface area contributed by atoms with Gasteiger partial charge in [0.2, 0.25) is 0 Å². The van der Waals surface area contributed by atoms with Crippen molar-refractivity contribution in [2.24, 2.45) is 5.73 Å². The molecule has 0 saturated carbocycles. The third kappa shape index (κ3) is 4.05. The van der Waals surface area contributed by atoms with Gasteiger partial charge in [-0.05, 0) is 43.2 Å². The monoisotopic (exact) mass is 358 g/mol. The minimum absolute atomic E-state index is 0.0607. The molecule has 2 aromatic rings. The summed E-state index contributed by atoms with van der Waals surface area (Å²) in [5, 5.41) is 0. The molecule has 1 aromatic carbocycles. The van der Waals surface area contributed by atoms with E-state index in [-0.39, 0.29) is 24.2 Å². The molecule has 3 rings (SSSR count). The zero-order chi connectivity index (χ0) is 18.5. The molecule has 0 unspecified atom stereocenters. The summed E-state index contributed by atoms with van der Waals surface area (Å²) < 4.78 is 18.2. The smallest absolute Gasteiger partial charge is 0.253 e. The number of nitrogens with two attached hydrogens (primary N) is 1. The van der Waals surface area contributed by atoms with Crippen molar-refractivity contribution in [1.29, 1.82) is 0 Å². The van der Waals surface area contributed by atoms with Gasteiger partial charge in [0.05, 0.1) is 5.69 Å². The van der Waals surface area contributed by atoms with E-state index in [0.717, 1.165) is 29.9 Å². The Morgan fingerprint density at radius 1 is 1.31 bits per heavy atom. The van der Waals surface area contributed by atoms with Crippen LogP contribution in [-0.2, 0) is 9.53 Å². The van der Waals surface area contributed by atoms with E-state index >= 15 is 0 Å². The lowest BCUT2D eigenvalue weighted by Crippen LogP contribution is -2.46. The summed E-state index contributed by atoms with van der Waals surface area (Å²) >= 11 is 0. The molecule has 138 valence electrons. The predicted molar refractivity (Wildman–Crippen MR) is 95.8 cm³/mol. The second-order valence-corrected chi connectivity index (χ2v) is 6.37. The van der Waals surface area contributed by atoms with Gasteiger partial charge in [-0.1, -0.05) is 0 Å². The van der Waals surface area contributed by atoms with Crippen LogP contribution in [0.4, 0.5) is 4.39 Å². The number of benzene rings is 1. The molecule has 6 nitrogen and oxygen atoms in total. The Balaban J connectivity index is 1.67. The van der Waals surface area contributed by atoms with Gasteiger partial charge in [0.1, 0.15) is 17.7 Å². The molecule has 0 bridgehead atoms. The maximum absolute atomic E-state index is 13.1. The van der Waals surface area contributed by atoms with Crippen molar-refractivity contribution in [3.63, 3.8) is 0 Å². The van der Waals surface area contributed by atoms with Gasteiger partial charge in [0, 0.05) is 44.4 Å². The minimum Gasteiger partial charge on any atom is -0.370 e. The van der Waals surface area contributed by atoms with Crippen LogP contribution >= 0.6 is 0 Å². The van der Waals surface area contributed by atoms with E-state index in [2.05, 4.69) is 9.97 Å². The van der Waals surface area contributed by atoms with Crippen molar-refractivity contribution in [1.82, 2.24) is 14.9 Å². The SMILES string of the molecule is CO[C@@H](CN)C(=O)N1CCC(c2nccc(-c3ccc(F)cc3)n2)CC1. The van der Waals surface area contributed by atoms with E-state index in [0.29, 0.717) is 13.1 Å². The van der Waals surface area contributed by atoms with Crippen LogP contribution in [0.2, 0.25) is 0 Å². The Hall–Kier alpha value is -2.38. The number of piperidine rings is 1. The highest BCUT2D eigenvalue weighted by Crippen LogP contribution is 2.27. The molecule has 1 saturated heterocycles. The first-order valence-electron chi connectivity index (χ1n) is 8.73. The van der Waals surface area contributed by atoms with Crippen LogP contribution in [0.3, 0.4) is 0 Å². The molecular weight excluding hydrogens is 335 g/mol. The lowest BCUT2D eigenvalue weighted by atomic mass is 9.95. The molecular formula is C19H23FN4O2. The first-order chi connectivity index (χ1) is 12.6. The fraction of sp³-hybridized carbons (Fsp3) is 0.421. The van der Waals surface area contributed by atoms with E-state index < -0.39 is 6.10 Å². The number of halogens is 1. The Labute approximate surface area is 152 Å². The minimum atomic E-state index is -0.579. The summed E-state index contributed by atoms with van der Waals surface area (Å²) in [5.74, 6) is 0.626. The molecule has 0 aliphatic carbocycles. The summed E-state index contributed by atoms with van der Waals surface area (Å²) in [6, 6.07) is 8.08. The van der Waals surface area contributed by atoms with Crippen molar-refractivity contribution in [3.8, 4) is 11.3 Å². The summed E-state index contributed by atoms with van der Waals surface area (Å²) in [4.78, 5) is 23.2. The lowest BCUT2D eigenvalue weighted by Gasteiger charge is -2.33. The maximum atomic E-state index is 13.1. The average Bonchev–Trinajstić information content (AvgIpc) is 2.69. The zero-order valence-electron chi connectivity index (χ0n) is 14.8. The molecule has 1 aliphatic heterocycles. The number of nitrogens with zero attached hydrogens (tertiary/aromatic N) is 3. The number of aromatic nitrogens is 2. The molecule has 1 atom stereocenters. The summed E-state index contributed by atoms with van der Waals surface area (Å²) in [7, 11) is 1.50. The van der Waals surface area contributed by atoms with E-state index in [1.54, 1.807) is 23.2 Å². The third-order valence-corrected chi connectivity index (χ3v) is 4.76. The predicted octanol–water partition coefficient (Wildman–Crippen LogP) is 1.96. The second-order valence-electron chi connectivity index (χ2n) is 6.37. The van der Waals surface area contributed by atoms with Crippen LogP contribution in [0.5, 0.6) is 0 Å². The van der Waals surface area contributed by atoms with Crippen molar-refractivity contribution in [3.05, 3.63) is 48.2 Å². The first kappa shape index (κ1) is 18.4. The van der Waals surface area contributed by atoms with Gasteiger partial charge in [-0.15, -0.1) is 0 Å². The molecule has 2 N–H and O–H groups in total. The quantitative estimate of drug-likeness (QED) is 0.884. The first-order valence-corrected chi connectivity index (χ1v) is 8.73. The van der Waals surface area contributed by atoms with E-state index in [1.165, 1.54) is 19.2 Å². The number of likely N-dealkylation sites (tertiary alicyclic amines) is 1. The lowest BCUT2D eigenvalue weighted by molar-refractivity contribution is -0.142. The molecule has 1 amide bonds. The standard InChI is InChI=1S/C19H23FN4O2/c1-26-17(12-21)19(25)24-10-7-14(8-11-24)18-22-9-6-16(23-18)13-2-4-15(20)5-3-13/h2-6,9,14,17H,7-8,10-12,21H2,1H3/t17-/m0/s1. The van der Waals surface area contributed by atoms with Crippen LogP contribution in [0.15, 0.2) is 36.5 Å². The van der Waals surface area contributed by atoms with Gasteiger partial charge >= 0.3 is 0 Å². The number of rotatable bonds is 5. The Morgan fingerprint density at radius 2 is 2.00 bits per heavy atom. The highest BCUT2D eigenvalue weighted by Gasteiger charge is 2.29. The fourth-order valence-corrected chi connectivity index (χ4v) is 3.21. The molecule has 26 heavy (non-hydrogen) atoms. The molecule has 0 radical (unpaired) electrons. The van der Waals surface area contributed by atoms with Gasteiger partial charge in [-0.3, -0.25) is 4.79 Å². The summed E-state index contributed by atoms with van der Waals surface area (Å²) in [6.07, 6.45) is 2.73. The van der Waals surface area contributed by atoms with Gasteiger partial charge in [0.15, 0.2) is 0 Å². The Morgan fingerprint density at radius 3 is 2.62 bits per heavy atom. The number of carbonyl (C=O) groups is 1. The molecule has 7 heteroatoms. The molecule has 1 aliphatic rings. The second kappa shape index (κ2) is 8.33. The van der Waals surface area contributed by atoms with Crippen LogP contribution in [0.25, 0.3) is 11.3 Å². The molecule has 1 aromatic heterocycles. The number of carbonyl (C=O) groups excluding carboxylic acids is 1. The van der Waals surface area contributed by atoms with Crippen LogP contribution in [0.1, 0.15) is 24.6 Å². The fourth-order valence-electron chi connectivity index (χ4n) is 3.21. The highest BCUT2D eigenvalue weighted by molar-refractivity contribution is 5.81. The number of methoxy groups -OCH3 is 1. The van der Waals surface area contributed by atoms with Gasteiger partial charge < -0.3 is 15.4 Å². The van der Waals surface area contributed by atoms with Gasteiger partial charge in [-0.25, -0.2) is 14.4 Å². The van der Waals surface area contributed by atoms with Crippen molar-refractivity contribution in [2.45, 2.75) is 24.9 Å². The van der Waals surface area contributed by atoms with Gasteiger partial charge in [0.25, 0.3) is 5.91 Å². The Bertz CT molecular complexity index is 741. The number of hydrogen-bond donors (Lipinski definition) is 1. The zero-order valence-corrected chi connectivity index (χ0v) is 14.8. The summed E-state index contributed by atoms with van der Waals surface area (Å²) in [5.41, 5.74) is 7.20.